The fraction of sp³-hybridized carbons (Fsp3) is 0.464. The van der Waals surface area contributed by atoms with Gasteiger partial charge < -0.3 is 19.5 Å². The van der Waals surface area contributed by atoms with E-state index in [1.807, 2.05) is 17.0 Å². The second kappa shape index (κ2) is 9.20. The molecule has 194 valence electrons. The largest absolute Gasteiger partial charge is 0.393 e. The van der Waals surface area contributed by atoms with Crippen molar-refractivity contribution in [3.05, 3.63) is 53.4 Å². The minimum atomic E-state index is -0.550. The van der Waals surface area contributed by atoms with Crippen LogP contribution in [0.15, 0.2) is 30.3 Å². The third-order valence-corrected chi connectivity index (χ3v) is 8.12. The molecule has 2 amide bonds. The molecule has 7 nitrogen and oxygen atoms in total. The number of hydrogen-bond donors (Lipinski definition) is 1. The molecule has 1 aromatic heterocycles. The summed E-state index contributed by atoms with van der Waals surface area (Å²) in [6.45, 7) is 0.812. The number of amides is 2. The van der Waals surface area contributed by atoms with Crippen molar-refractivity contribution in [1.82, 2.24) is 19.4 Å². The molecular weight excluding hydrogens is 478 g/mol. The maximum absolute atomic E-state index is 14.8. The Morgan fingerprint density at radius 2 is 1.76 bits per heavy atom. The molecule has 2 saturated carbocycles. The minimum absolute atomic E-state index is 0.0280. The predicted molar refractivity (Wildman–Crippen MR) is 134 cm³/mol. The van der Waals surface area contributed by atoms with Crippen molar-refractivity contribution < 1.29 is 23.5 Å². The number of fused-ring (bicyclic) bond motifs is 1. The maximum atomic E-state index is 14.8. The summed E-state index contributed by atoms with van der Waals surface area (Å²) in [5, 5.41) is 9.78. The summed E-state index contributed by atoms with van der Waals surface area (Å²) in [7, 11) is 1.75. The van der Waals surface area contributed by atoms with E-state index in [1.54, 1.807) is 11.6 Å². The molecule has 6 rings (SSSR count). The lowest BCUT2D eigenvalue weighted by Crippen LogP contribution is -2.56. The number of aliphatic hydroxyl groups excluding tert-OH is 1. The first kappa shape index (κ1) is 24.0. The van der Waals surface area contributed by atoms with Gasteiger partial charge in [0, 0.05) is 37.3 Å². The first-order chi connectivity index (χ1) is 17.8. The van der Waals surface area contributed by atoms with E-state index < -0.39 is 11.6 Å². The van der Waals surface area contributed by atoms with E-state index >= 15 is 0 Å². The van der Waals surface area contributed by atoms with Gasteiger partial charge >= 0.3 is 0 Å². The van der Waals surface area contributed by atoms with Gasteiger partial charge in [-0.3, -0.25) is 9.59 Å². The molecule has 3 aromatic rings. The number of halogens is 2. The molecule has 1 N–H and O–H groups in total. The van der Waals surface area contributed by atoms with Gasteiger partial charge in [0.05, 0.1) is 17.1 Å². The number of imidazole rings is 1. The first-order valence-corrected chi connectivity index (χ1v) is 13.0. The molecule has 3 fully saturated rings. The normalized spacial score (nSPS) is 22.6. The lowest BCUT2D eigenvalue weighted by Gasteiger charge is -2.41. The lowest BCUT2D eigenvalue weighted by molar-refractivity contribution is -0.138. The summed E-state index contributed by atoms with van der Waals surface area (Å²) in [6, 6.07) is 7.31. The zero-order valence-corrected chi connectivity index (χ0v) is 20.8. The summed E-state index contributed by atoms with van der Waals surface area (Å²) in [4.78, 5) is 34.5. The van der Waals surface area contributed by atoms with Crippen molar-refractivity contribution in [2.24, 2.45) is 7.05 Å². The van der Waals surface area contributed by atoms with Crippen LogP contribution in [0.3, 0.4) is 0 Å². The molecule has 0 atom stereocenters. The number of carbonyl (C=O) groups excluding carboxylic acids is 2. The topological polar surface area (TPSA) is 78.7 Å². The van der Waals surface area contributed by atoms with Crippen LogP contribution in [-0.4, -0.2) is 68.1 Å². The van der Waals surface area contributed by atoms with Gasteiger partial charge in [-0.15, -0.1) is 0 Å². The number of carbonyl (C=O) groups is 2. The lowest BCUT2D eigenvalue weighted by atomic mass is 9.91. The Balaban J connectivity index is 1.32. The average molecular weight is 509 g/mol. The quantitative estimate of drug-likeness (QED) is 0.578. The highest BCUT2D eigenvalue weighted by molar-refractivity contribution is 6.01. The molecule has 0 radical (unpaired) electrons. The van der Waals surface area contributed by atoms with Crippen LogP contribution in [0, 0.1) is 11.6 Å². The number of hydrogen-bond acceptors (Lipinski definition) is 4. The van der Waals surface area contributed by atoms with Crippen LogP contribution in [0.1, 0.15) is 60.6 Å². The smallest absolute Gasteiger partial charge is 0.290 e. The molecule has 2 heterocycles. The van der Waals surface area contributed by atoms with E-state index in [0.717, 1.165) is 43.4 Å². The van der Waals surface area contributed by atoms with E-state index in [9.17, 15) is 23.5 Å². The van der Waals surface area contributed by atoms with Gasteiger partial charge in [0.2, 0.25) is 5.91 Å². The maximum Gasteiger partial charge on any atom is 0.290 e. The minimum Gasteiger partial charge on any atom is -0.393 e. The number of aryl methyl sites for hydroxylation is 1. The monoisotopic (exact) mass is 508 g/mol. The standard InChI is InChI=1S/C28H30F2N4O3/c1-32-24-13-17(16-2-3-16)12-22(21-14-18(29)4-9-23(21)30)26(24)31-27(32)28(37)33-10-11-34(25(36)15-33)19-5-7-20(35)8-6-19/h4,9,12-14,16,19-20,35H,2-3,5-8,10-11,15H2,1H3/t19-,20-. The molecule has 37 heavy (non-hydrogen) atoms. The highest BCUT2D eigenvalue weighted by Crippen LogP contribution is 2.43. The third-order valence-electron chi connectivity index (χ3n) is 8.12. The molecule has 2 aromatic carbocycles. The second-order valence-electron chi connectivity index (χ2n) is 10.6. The van der Waals surface area contributed by atoms with Crippen molar-refractivity contribution >= 4 is 22.8 Å². The summed E-state index contributed by atoms with van der Waals surface area (Å²) in [6.07, 6.45) is 4.70. The Morgan fingerprint density at radius 1 is 1.00 bits per heavy atom. The van der Waals surface area contributed by atoms with Crippen molar-refractivity contribution in [1.29, 1.82) is 0 Å². The fourth-order valence-corrected chi connectivity index (χ4v) is 5.82. The van der Waals surface area contributed by atoms with E-state index in [-0.39, 0.29) is 41.9 Å². The molecule has 2 aliphatic carbocycles. The molecule has 3 aliphatic rings. The van der Waals surface area contributed by atoms with Crippen LogP contribution in [-0.2, 0) is 11.8 Å². The zero-order valence-electron chi connectivity index (χ0n) is 20.8. The molecule has 0 spiro atoms. The molecule has 0 unspecified atom stereocenters. The summed E-state index contributed by atoms with van der Waals surface area (Å²) in [5.41, 5.74) is 2.72. The van der Waals surface area contributed by atoms with Crippen LogP contribution in [0.5, 0.6) is 0 Å². The average Bonchev–Trinajstić information content (AvgIpc) is 3.69. The van der Waals surface area contributed by atoms with Crippen LogP contribution < -0.4 is 0 Å². The summed E-state index contributed by atoms with van der Waals surface area (Å²) >= 11 is 0. The molecule has 1 saturated heterocycles. The van der Waals surface area contributed by atoms with Crippen molar-refractivity contribution in [3.8, 4) is 11.1 Å². The van der Waals surface area contributed by atoms with Gasteiger partial charge in [-0.2, -0.15) is 0 Å². The van der Waals surface area contributed by atoms with Gasteiger partial charge in [0.25, 0.3) is 5.91 Å². The van der Waals surface area contributed by atoms with Crippen molar-refractivity contribution in [2.75, 3.05) is 19.6 Å². The number of aliphatic hydroxyl groups is 1. The van der Waals surface area contributed by atoms with Crippen LogP contribution in [0.4, 0.5) is 8.78 Å². The Kier molecular flexibility index (Phi) is 5.98. The van der Waals surface area contributed by atoms with E-state index in [1.165, 1.54) is 11.0 Å². The van der Waals surface area contributed by atoms with Gasteiger partial charge in [0.1, 0.15) is 18.2 Å². The summed E-state index contributed by atoms with van der Waals surface area (Å²) < 4.78 is 30.6. The third kappa shape index (κ3) is 4.39. The van der Waals surface area contributed by atoms with Crippen molar-refractivity contribution in [3.63, 3.8) is 0 Å². The van der Waals surface area contributed by atoms with E-state index in [4.69, 9.17) is 0 Å². The van der Waals surface area contributed by atoms with Crippen molar-refractivity contribution in [2.45, 2.75) is 56.6 Å². The first-order valence-electron chi connectivity index (χ1n) is 13.0. The molecular formula is C28H30F2N4O3. The highest BCUT2D eigenvalue weighted by atomic mass is 19.1. The van der Waals surface area contributed by atoms with Gasteiger partial charge in [-0.1, -0.05) is 0 Å². The SMILES string of the molecule is Cn1c(C(=O)N2CCN([C@H]3CC[C@H](O)CC3)C(=O)C2)nc2c(-c3cc(F)ccc3F)cc(C3CC3)cc21. The Labute approximate surface area is 213 Å². The molecule has 9 heteroatoms. The van der Waals surface area contributed by atoms with Gasteiger partial charge in [-0.05, 0) is 80.3 Å². The van der Waals surface area contributed by atoms with E-state index in [0.29, 0.717) is 48.4 Å². The number of rotatable bonds is 4. The fourth-order valence-electron chi connectivity index (χ4n) is 5.82. The molecule has 1 aliphatic heterocycles. The number of benzene rings is 2. The van der Waals surface area contributed by atoms with Crippen LogP contribution in [0.2, 0.25) is 0 Å². The Bertz CT molecular complexity index is 1390. The van der Waals surface area contributed by atoms with Gasteiger partial charge in [-0.25, -0.2) is 13.8 Å². The second-order valence-corrected chi connectivity index (χ2v) is 10.6. The summed E-state index contributed by atoms with van der Waals surface area (Å²) in [5.74, 6) is -1.02. The number of nitrogens with zero attached hydrogens (tertiary/aromatic N) is 4. The molecule has 0 bridgehead atoms. The number of aromatic nitrogens is 2. The van der Waals surface area contributed by atoms with E-state index in [2.05, 4.69) is 4.98 Å². The number of piperazine rings is 1. The van der Waals surface area contributed by atoms with Crippen LogP contribution in [0.25, 0.3) is 22.2 Å². The Hall–Kier alpha value is -3.33. The zero-order chi connectivity index (χ0) is 25.8. The highest BCUT2D eigenvalue weighted by Gasteiger charge is 2.35. The predicted octanol–water partition coefficient (Wildman–Crippen LogP) is 3.98. The van der Waals surface area contributed by atoms with Crippen LogP contribution >= 0.6 is 0 Å². The Morgan fingerprint density at radius 3 is 2.46 bits per heavy atom. The van der Waals surface area contributed by atoms with Gasteiger partial charge in [0.15, 0.2) is 5.82 Å².